The number of rotatable bonds is 3. The van der Waals surface area contributed by atoms with Crippen LogP contribution in [-0.2, 0) is 6.42 Å². The summed E-state index contributed by atoms with van der Waals surface area (Å²) in [4.78, 5) is 0. The first kappa shape index (κ1) is 10.8. The Kier molecular flexibility index (Phi) is 3.30. The molecule has 0 unspecified atom stereocenters. The molecule has 1 rings (SSSR count). The molecule has 0 fully saturated rings. The molecule has 0 atom stereocenters. The maximum Gasteiger partial charge on any atom is 0.161 e. The van der Waals surface area contributed by atoms with Crippen LogP contribution in [0.2, 0.25) is 0 Å². The smallest absolute Gasteiger partial charge is 0.161 e. The van der Waals surface area contributed by atoms with Crippen molar-refractivity contribution in [2.24, 2.45) is 5.73 Å². The van der Waals surface area contributed by atoms with Crippen molar-refractivity contribution in [1.82, 2.24) is 0 Å². The molecule has 0 spiro atoms. The van der Waals surface area contributed by atoms with Gasteiger partial charge in [-0.1, -0.05) is 12.2 Å². The summed E-state index contributed by atoms with van der Waals surface area (Å²) in [5.74, 6) is -3.03. The lowest BCUT2D eigenvalue weighted by molar-refractivity contribution is 0.491. The summed E-state index contributed by atoms with van der Waals surface area (Å²) in [6, 6.07) is 1.35. The van der Waals surface area contributed by atoms with E-state index in [-0.39, 0.29) is 18.5 Å². The maximum absolute atomic E-state index is 13.0. The van der Waals surface area contributed by atoms with E-state index in [1.165, 1.54) is 0 Å². The Labute approximate surface area is 80.0 Å². The van der Waals surface area contributed by atoms with Crippen LogP contribution < -0.4 is 5.73 Å². The molecule has 76 valence electrons. The second kappa shape index (κ2) is 4.28. The third kappa shape index (κ3) is 2.35. The highest BCUT2D eigenvalue weighted by Crippen LogP contribution is 2.16. The van der Waals surface area contributed by atoms with Crippen LogP contribution in [-0.4, -0.2) is 6.54 Å². The third-order valence-corrected chi connectivity index (χ3v) is 1.82. The lowest BCUT2D eigenvalue weighted by atomic mass is 10.1. The minimum Gasteiger partial charge on any atom is -0.327 e. The molecule has 0 heterocycles. The van der Waals surface area contributed by atoms with Gasteiger partial charge in [0.15, 0.2) is 11.6 Å². The van der Waals surface area contributed by atoms with Crippen LogP contribution in [0, 0.1) is 17.5 Å². The quantitative estimate of drug-likeness (QED) is 0.588. The molecule has 1 aromatic rings. The lowest BCUT2D eigenvalue weighted by Gasteiger charge is -2.05. The van der Waals surface area contributed by atoms with E-state index < -0.39 is 17.5 Å². The Bertz CT molecular complexity index is 361. The van der Waals surface area contributed by atoms with Crippen molar-refractivity contribution in [3.8, 4) is 0 Å². The summed E-state index contributed by atoms with van der Waals surface area (Å²) in [7, 11) is 0. The highest BCUT2D eigenvalue weighted by molar-refractivity contribution is 5.24. The molecule has 0 aliphatic rings. The van der Waals surface area contributed by atoms with Crippen molar-refractivity contribution < 1.29 is 13.2 Å². The molecule has 0 aliphatic carbocycles. The zero-order valence-corrected chi connectivity index (χ0v) is 7.49. The monoisotopic (exact) mass is 201 g/mol. The molecule has 0 amide bonds. The minimum absolute atomic E-state index is 0.0688. The third-order valence-electron chi connectivity index (χ3n) is 1.82. The minimum atomic E-state index is -1.19. The Hall–Kier alpha value is -1.29. The van der Waals surface area contributed by atoms with Gasteiger partial charge in [0.05, 0.1) is 0 Å². The van der Waals surface area contributed by atoms with E-state index in [1.807, 2.05) is 0 Å². The van der Waals surface area contributed by atoms with Crippen molar-refractivity contribution >= 4 is 0 Å². The Morgan fingerprint density at radius 3 is 2.29 bits per heavy atom. The fourth-order valence-corrected chi connectivity index (χ4v) is 1.04. The van der Waals surface area contributed by atoms with Gasteiger partial charge in [-0.15, -0.1) is 0 Å². The number of hydrogen-bond donors (Lipinski definition) is 1. The van der Waals surface area contributed by atoms with Crippen LogP contribution in [0.5, 0.6) is 0 Å². The zero-order valence-electron chi connectivity index (χ0n) is 7.49. The molecule has 0 bridgehead atoms. The molecule has 0 radical (unpaired) electrons. The summed E-state index contributed by atoms with van der Waals surface area (Å²) in [6.07, 6.45) is 0.125. The lowest BCUT2D eigenvalue weighted by Crippen LogP contribution is -2.06. The van der Waals surface area contributed by atoms with Crippen molar-refractivity contribution in [2.75, 3.05) is 6.54 Å². The molecular formula is C10H10F3N. The number of hydrogen-bond acceptors (Lipinski definition) is 1. The predicted molar refractivity (Wildman–Crippen MR) is 48.2 cm³/mol. The number of benzene rings is 1. The van der Waals surface area contributed by atoms with Gasteiger partial charge < -0.3 is 5.73 Å². The van der Waals surface area contributed by atoms with E-state index in [2.05, 4.69) is 6.58 Å². The van der Waals surface area contributed by atoms with E-state index in [0.29, 0.717) is 11.6 Å². The normalized spacial score (nSPS) is 10.3. The first-order chi connectivity index (χ1) is 6.54. The molecule has 14 heavy (non-hydrogen) atoms. The highest BCUT2D eigenvalue weighted by Gasteiger charge is 2.09. The molecule has 0 aromatic heterocycles. The van der Waals surface area contributed by atoms with Gasteiger partial charge in [-0.05, 0) is 18.1 Å². The Balaban J connectivity index is 2.98. The van der Waals surface area contributed by atoms with Gasteiger partial charge in [0, 0.05) is 12.6 Å². The summed E-state index contributed by atoms with van der Waals surface area (Å²) in [5, 5.41) is 0. The van der Waals surface area contributed by atoms with Crippen LogP contribution in [0.4, 0.5) is 13.2 Å². The largest absolute Gasteiger partial charge is 0.327 e. The van der Waals surface area contributed by atoms with E-state index in [0.717, 1.165) is 6.07 Å². The average Bonchev–Trinajstić information content (AvgIpc) is 2.14. The summed E-state index contributed by atoms with van der Waals surface area (Å²) >= 11 is 0. The molecule has 1 aromatic carbocycles. The van der Waals surface area contributed by atoms with E-state index in [9.17, 15) is 13.2 Å². The number of halogens is 3. The molecule has 4 heteroatoms. The van der Waals surface area contributed by atoms with Crippen LogP contribution in [0.3, 0.4) is 0 Å². The van der Waals surface area contributed by atoms with Crippen LogP contribution in [0.1, 0.15) is 5.56 Å². The highest BCUT2D eigenvalue weighted by atomic mass is 19.2. The van der Waals surface area contributed by atoms with Gasteiger partial charge in [0.1, 0.15) is 5.82 Å². The van der Waals surface area contributed by atoms with Crippen molar-refractivity contribution in [2.45, 2.75) is 6.42 Å². The van der Waals surface area contributed by atoms with Gasteiger partial charge in [0.2, 0.25) is 0 Å². The Morgan fingerprint density at radius 1 is 1.14 bits per heavy atom. The Morgan fingerprint density at radius 2 is 1.71 bits per heavy atom. The summed E-state index contributed by atoms with van der Waals surface area (Å²) in [5.41, 5.74) is 5.88. The van der Waals surface area contributed by atoms with Crippen LogP contribution in [0.25, 0.3) is 0 Å². The van der Waals surface area contributed by atoms with Gasteiger partial charge in [0.25, 0.3) is 0 Å². The summed E-state index contributed by atoms with van der Waals surface area (Å²) < 4.78 is 38.3. The first-order valence-electron chi connectivity index (χ1n) is 4.04. The van der Waals surface area contributed by atoms with Crippen molar-refractivity contribution in [3.63, 3.8) is 0 Å². The molecule has 0 saturated heterocycles. The molecule has 1 nitrogen and oxygen atoms in total. The van der Waals surface area contributed by atoms with E-state index >= 15 is 0 Å². The van der Waals surface area contributed by atoms with Crippen LogP contribution >= 0.6 is 0 Å². The fourth-order valence-electron chi connectivity index (χ4n) is 1.04. The second-order valence-corrected chi connectivity index (χ2v) is 2.99. The fraction of sp³-hybridized carbons (Fsp3) is 0.200. The van der Waals surface area contributed by atoms with Gasteiger partial charge in [-0.25, -0.2) is 13.2 Å². The van der Waals surface area contributed by atoms with E-state index in [4.69, 9.17) is 5.73 Å². The van der Waals surface area contributed by atoms with Crippen molar-refractivity contribution in [3.05, 3.63) is 47.3 Å². The molecular weight excluding hydrogens is 191 g/mol. The molecule has 2 N–H and O–H groups in total. The van der Waals surface area contributed by atoms with Gasteiger partial charge in [-0.3, -0.25) is 0 Å². The maximum atomic E-state index is 13.0. The predicted octanol–water partition coefficient (Wildman–Crippen LogP) is 2.16. The topological polar surface area (TPSA) is 26.0 Å². The van der Waals surface area contributed by atoms with Gasteiger partial charge in [-0.2, -0.15) is 0 Å². The second-order valence-electron chi connectivity index (χ2n) is 2.99. The van der Waals surface area contributed by atoms with Gasteiger partial charge >= 0.3 is 0 Å². The molecule has 0 saturated carbocycles. The number of nitrogens with two attached hydrogens (primary N) is 1. The van der Waals surface area contributed by atoms with E-state index in [1.54, 1.807) is 0 Å². The van der Waals surface area contributed by atoms with Crippen LogP contribution in [0.15, 0.2) is 24.3 Å². The first-order valence-corrected chi connectivity index (χ1v) is 4.04. The van der Waals surface area contributed by atoms with Crippen molar-refractivity contribution in [1.29, 1.82) is 0 Å². The average molecular weight is 201 g/mol. The zero-order chi connectivity index (χ0) is 10.7. The SMILES string of the molecule is C=C(CN)Cc1cc(F)c(F)cc1F. The standard InChI is InChI=1S/C10H10F3N/c1-6(5-14)2-7-3-9(12)10(13)4-8(7)11/h3-4H,1-2,5,14H2. The molecule has 0 aliphatic heterocycles. The summed E-state index contributed by atoms with van der Waals surface area (Å²) in [6.45, 7) is 3.75.